The number of halogens is 3. The molecule has 5 heteroatoms. The highest BCUT2D eigenvalue weighted by atomic mass is 19.4. The van der Waals surface area contributed by atoms with E-state index in [1.54, 1.807) is 0 Å². The van der Waals surface area contributed by atoms with Gasteiger partial charge >= 0.3 is 6.18 Å². The van der Waals surface area contributed by atoms with Crippen LogP contribution < -0.4 is 10.1 Å². The zero-order chi connectivity index (χ0) is 14.4. The van der Waals surface area contributed by atoms with Crippen LogP contribution in [-0.2, 0) is 6.42 Å². The molecule has 20 heavy (non-hydrogen) atoms. The zero-order valence-corrected chi connectivity index (χ0v) is 11.4. The van der Waals surface area contributed by atoms with E-state index in [1.807, 2.05) is 25.1 Å². The van der Waals surface area contributed by atoms with E-state index in [-0.39, 0.29) is 18.9 Å². The highest BCUT2D eigenvalue weighted by molar-refractivity contribution is 5.41. The van der Waals surface area contributed by atoms with Gasteiger partial charge in [-0.25, -0.2) is 0 Å². The standard InChI is InChI=1S/C15H18F3NO/c1-2-12(19-14(6-7-14)15(16,17)18)10-3-4-13-11(9-10)5-8-20-13/h3-4,9,12,19H,2,5-8H2,1H3. The SMILES string of the molecule is CCC(NC1(C(F)(F)F)CC1)c1ccc2c(c1)CCO2. The summed E-state index contributed by atoms with van der Waals surface area (Å²) in [6.07, 6.45) is -2.33. The molecule has 0 spiro atoms. The Bertz CT molecular complexity index is 508. The van der Waals surface area contributed by atoms with Crippen LogP contribution in [0.4, 0.5) is 13.2 Å². The highest BCUT2D eigenvalue weighted by Crippen LogP contribution is 2.50. The summed E-state index contributed by atoms with van der Waals surface area (Å²) in [5.41, 5.74) is 0.357. The van der Waals surface area contributed by atoms with Crippen LogP contribution in [0.5, 0.6) is 5.75 Å². The second-order valence-electron chi connectivity index (χ2n) is 5.65. The number of benzene rings is 1. The van der Waals surface area contributed by atoms with E-state index in [1.165, 1.54) is 0 Å². The molecule has 1 unspecified atom stereocenters. The summed E-state index contributed by atoms with van der Waals surface area (Å²) in [5.74, 6) is 0.862. The smallest absolute Gasteiger partial charge is 0.406 e. The molecule has 110 valence electrons. The zero-order valence-electron chi connectivity index (χ0n) is 11.4. The number of ether oxygens (including phenoxy) is 1. The van der Waals surface area contributed by atoms with E-state index in [4.69, 9.17) is 4.74 Å². The molecule has 0 radical (unpaired) electrons. The first-order valence-corrected chi connectivity index (χ1v) is 7.05. The first kappa shape index (κ1) is 13.7. The molecule has 3 rings (SSSR count). The van der Waals surface area contributed by atoms with Gasteiger partial charge in [0.25, 0.3) is 0 Å². The maximum atomic E-state index is 13.0. The maximum absolute atomic E-state index is 13.0. The maximum Gasteiger partial charge on any atom is 0.406 e. The molecule has 1 aromatic carbocycles. The van der Waals surface area contributed by atoms with Crippen molar-refractivity contribution >= 4 is 0 Å². The molecule has 0 saturated heterocycles. The van der Waals surface area contributed by atoms with Gasteiger partial charge in [-0.3, -0.25) is 5.32 Å². The lowest BCUT2D eigenvalue weighted by molar-refractivity contribution is -0.168. The Morgan fingerprint density at radius 2 is 2.10 bits per heavy atom. The Morgan fingerprint density at radius 3 is 2.70 bits per heavy atom. The van der Waals surface area contributed by atoms with E-state index < -0.39 is 11.7 Å². The molecule has 1 saturated carbocycles. The Balaban J connectivity index is 1.81. The largest absolute Gasteiger partial charge is 0.493 e. The van der Waals surface area contributed by atoms with Crippen molar-refractivity contribution < 1.29 is 17.9 Å². The van der Waals surface area contributed by atoms with Crippen molar-refractivity contribution in [1.82, 2.24) is 5.32 Å². The highest BCUT2D eigenvalue weighted by Gasteiger charge is 2.63. The third-order valence-electron chi connectivity index (χ3n) is 4.27. The van der Waals surface area contributed by atoms with Crippen LogP contribution in [0.25, 0.3) is 0 Å². The molecule has 0 aromatic heterocycles. The minimum Gasteiger partial charge on any atom is -0.493 e. The molecule has 2 aliphatic rings. The predicted molar refractivity (Wildman–Crippen MR) is 69.8 cm³/mol. The Morgan fingerprint density at radius 1 is 1.35 bits per heavy atom. The number of hydrogen-bond donors (Lipinski definition) is 1. The molecule has 1 heterocycles. The van der Waals surface area contributed by atoms with E-state index >= 15 is 0 Å². The van der Waals surface area contributed by atoms with Crippen LogP contribution in [0.3, 0.4) is 0 Å². The van der Waals surface area contributed by atoms with Gasteiger partial charge in [-0.1, -0.05) is 19.1 Å². The van der Waals surface area contributed by atoms with Gasteiger partial charge in [0.15, 0.2) is 0 Å². The number of fused-ring (bicyclic) bond motifs is 1. The molecular formula is C15H18F3NO. The molecule has 1 atom stereocenters. The van der Waals surface area contributed by atoms with E-state index in [0.29, 0.717) is 13.0 Å². The minimum atomic E-state index is -4.17. The fourth-order valence-electron chi connectivity index (χ4n) is 2.81. The third-order valence-corrected chi connectivity index (χ3v) is 4.27. The van der Waals surface area contributed by atoms with Crippen molar-refractivity contribution in [2.75, 3.05) is 6.61 Å². The minimum absolute atomic E-state index is 0.182. The van der Waals surface area contributed by atoms with Crippen LogP contribution in [0.15, 0.2) is 18.2 Å². The molecular weight excluding hydrogens is 267 g/mol. The van der Waals surface area contributed by atoms with Gasteiger partial charge in [0.05, 0.1) is 6.61 Å². The summed E-state index contributed by atoms with van der Waals surface area (Å²) in [6.45, 7) is 2.57. The summed E-state index contributed by atoms with van der Waals surface area (Å²) >= 11 is 0. The summed E-state index contributed by atoms with van der Waals surface area (Å²) in [4.78, 5) is 0. The van der Waals surface area contributed by atoms with Gasteiger partial charge in [0.1, 0.15) is 11.3 Å². The van der Waals surface area contributed by atoms with Gasteiger partial charge in [0, 0.05) is 12.5 Å². The lowest BCUT2D eigenvalue weighted by atomic mass is 9.99. The average molecular weight is 285 g/mol. The van der Waals surface area contributed by atoms with Crippen molar-refractivity contribution in [3.05, 3.63) is 29.3 Å². The Labute approximate surface area is 116 Å². The summed E-state index contributed by atoms with van der Waals surface area (Å²) < 4.78 is 44.6. The van der Waals surface area contributed by atoms with Gasteiger partial charge in [-0.2, -0.15) is 13.2 Å². The van der Waals surface area contributed by atoms with Gasteiger partial charge in [-0.05, 0) is 36.5 Å². The average Bonchev–Trinajstić information content (AvgIpc) is 3.05. The van der Waals surface area contributed by atoms with Crippen molar-refractivity contribution in [3.8, 4) is 5.75 Å². The molecule has 0 amide bonds. The number of rotatable bonds is 4. The Hall–Kier alpha value is -1.23. The number of alkyl halides is 3. The van der Waals surface area contributed by atoms with Crippen molar-refractivity contribution in [3.63, 3.8) is 0 Å². The molecule has 1 aliphatic heterocycles. The lowest BCUT2D eigenvalue weighted by Gasteiger charge is -2.27. The van der Waals surface area contributed by atoms with E-state index in [2.05, 4.69) is 5.32 Å². The molecule has 0 bridgehead atoms. The van der Waals surface area contributed by atoms with Gasteiger partial charge < -0.3 is 4.74 Å². The first-order chi connectivity index (χ1) is 9.45. The van der Waals surface area contributed by atoms with Crippen LogP contribution in [0.2, 0.25) is 0 Å². The van der Waals surface area contributed by atoms with Gasteiger partial charge in [-0.15, -0.1) is 0 Å². The van der Waals surface area contributed by atoms with Gasteiger partial charge in [0.2, 0.25) is 0 Å². The van der Waals surface area contributed by atoms with E-state index in [9.17, 15) is 13.2 Å². The quantitative estimate of drug-likeness (QED) is 0.909. The lowest BCUT2D eigenvalue weighted by Crippen LogP contribution is -2.46. The summed E-state index contributed by atoms with van der Waals surface area (Å²) in [6, 6.07) is 5.47. The number of nitrogens with one attached hydrogen (secondary N) is 1. The van der Waals surface area contributed by atoms with Crippen LogP contribution in [-0.4, -0.2) is 18.3 Å². The van der Waals surface area contributed by atoms with Crippen LogP contribution in [0, 0.1) is 0 Å². The second kappa shape index (κ2) is 4.65. The number of hydrogen-bond acceptors (Lipinski definition) is 2. The predicted octanol–water partition coefficient (Wildman–Crippen LogP) is 3.76. The monoisotopic (exact) mass is 285 g/mol. The fraction of sp³-hybridized carbons (Fsp3) is 0.600. The normalized spacial score (nSPS) is 21.2. The first-order valence-electron chi connectivity index (χ1n) is 7.05. The van der Waals surface area contributed by atoms with E-state index in [0.717, 1.165) is 23.3 Å². The van der Waals surface area contributed by atoms with Crippen LogP contribution >= 0.6 is 0 Å². The summed E-state index contributed by atoms with van der Waals surface area (Å²) in [5, 5.41) is 2.84. The van der Waals surface area contributed by atoms with Crippen molar-refractivity contribution in [1.29, 1.82) is 0 Å². The molecule has 1 fully saturated rings. The molecule has 1 aliphatic carbocycles. The summed E-state index contributed by atoms with van der Waals surface area (Å²) in [7, 11) is 0. The van der Waals surface area contributed by atoms with Crippen molar-refractivity contribution in [2.24, 2.45) is 0 Å². The third kappa shape index (κ3) is 2.28. The molecule has 2 nitrogen and oxygen atoms in total. The Kier molecular flexibility index (Phi) is 3.20. The second-order valence-corrected chi connectivity index (χ2v) is 5.65. The van der Waals surface area contributed by atoms with Crippen molar-refractivity contribution in [2.45, 2.75) is 50.4 Å². The topological polar surface area (TPSA) is 21.3 Å². The molecule has 1 N–H and O–H groups in total. The molecule has 1 aromatic rings. The van der Waals surface area contributed by atoms with Crippen LogP contribution in [0.1, 0.15) is 43.4 Å². The fourth-order valence-corrected chi connectivity index (χ4v) is 2.81.